The van der Waals surface area contributed by atoms with Crippen molar-refractivity contribution in [2.45, 2.75) is 30.7 Å². The molecule has 0 bridgehead atoms. The summed E-state index contributed by atoms with van der Waals surface area (Å²) >= 11 is 0. The second-order valence-electron chi connectivity index (χ2n) is 7.51. The monoisotopic (exact) mass is 421 g/mol. The van der Waals surface area contributed by atoms with Crippen molar-refractivity contribution >= 4 is 16.0 Å². The molecule has 3 aromatic carbocycles. The van der Waals surface area contributed by atoms with Crippen LogP contribution in [0.1, 0.15) is 29.5 Å². The second kappa shape index (κ2) is 8.05. The van der Waals surface area contributed by atoms with Gasteiger partial charge in [-0.05, 0) is 48.2 Å². The lowest BCUT2D eigenvalue weighted by atomic mass is 9.98. The predicted octanol–water partition coefficient (Wildman–Crippen LogP) is 4.02. The largest absolute Gasteiger partial charge is 0.463 e. The molecule has 0 saturated carbocycles. The van der Waals surface area contributed by atoms with Crippen molar-refractivity contribution in [2.24, 2.45) is 0 Å². The summed E-state index contributed by atoms with van der Waals surface area (Å²) in [7, 11) is -3.81. The third-order valence-corrected chi connectivity index (χ3v) is 6.93. The number of rotatable bonds is 6. The molecule has 1 aliphatic rings. The van der Waals surface area contributed by atoms with Gasteiger partial charge in [0.15, 0.2) is 0 Å². The number of sulfonamides is 1. The highest BCUT2D eigenvalue weighted by atomic mass is 32.2. The molecule has 4 rings (SSSR count). The zero-order valence-corrected chi connectivity index (χ0v) is 17.6. The van der Waals surface area contributed by atoms with E-state index in [1.54, 1.807) is 12.1 Å². The fourth-order valence-electron chi connectivity index (χ4n) is 3.80. The van der Waals surface area contributed by atoms with E-state index in [9.17, 15) is 13.2 Å². The number of esters is 1. The van der Waals surface area contributed by atoms with Crippen LogP contribution in [-0.4, -0.2) is 27.0 Å². The minimum atomic E-state index is -3.81. The highest BCUT2D eigenvalue weighted by Crippen LogP contribution is 2.44. The lowest BCUT2D eigenvalue weighted by molar-refractivity contribution is -0.145. The van der Waals surface area contributed by atoms with E-state index in [-0.39, 0.29) is 17.4 Å². The van der Waals surface area contributed by atoms with Crippen LogP contribution in [0.15, 0.2) is 77.7 Å². The first kappa shape index (κ1) is 20.3. The van der Waals surface area contributed by atoms with Crippen LogP contribution in [0, 0.1) is 6.92 Å². The number of hydrogen-bond acceptors (Lipinski definition) is 4. The summed E-state index contributed by atoms with van der Waals surface area (Å²) in [5.74, 6) is -0.671. The van der Waals surface area contributed by atoms with Gasteiger partial charge in [-0.2, -0.15) is 4.72 Å². The molecule has 0 heterocycles. The Morgan fingerprint density at radius 3 is 2.03 bits per heavy atom. The minimum absolute atomic E-state index is 0.0674. The normalized spacial score (nSPS) is 14.1. The summed E-state index contributed by atoms with van der Waals surface area (Å²) in [6.45, 7) is 3.53. The molecule has 0 spiro atoms. The molecular formula is C24H23NO4S. The van der Waals surface area contributed by atoms with Gasteiger partial charge in [-0.15, -0.1) is 0 Å². The lowest BCUT2D eigenvalue weighted by Crippen LogP contribution is -2.39. The van der Waals surface area contributed by atoms with Crippen molar-refractivity contribution < 1.29 is 17.9 Å². The van der Waals surface area contributed by atoms with Crippen LogP contribution in [0.25, 0.3) is 11.1 Å². The molecule has 0 saturated heterocycles. The van der Waals surface area contributed by atoms with Gasteiger partial charge in [0.1, 0.15) is 12.6 Å². The number of hydrogen-bond donors (Lipinski definition) is 1. The first-order valence-electron chi connectivity index (χ1n) is 9.80. The first-order chi connectivity index (χ1) is 14.4. The highest BCUT2D eigenvalue weighted by Gasteiger charge is 2.30. The number of benzene rings is 3. The van der Waals surface area contributed by atoms with E-state index in [2.05, 4.69) is 16.9 Å². The highest BCUT2D eigenvalue weighted by molar-refractivity contribution is 7.89. The molecule has 6 heteroatoms. The molecule has 0 fully saturated rings. The van der Waals surface area contributed by atoms with Crippen molar-refractivity contribution in [2.75, 3.05) is 6.61 Å². The molecule has 30 heavy (non-hydrogen) atoms. The first-order valence-corrected chi connectivity index (χ1v) is 11.3. The van der Waals surface area contributed by atoms with E-state index in [1.807, 2.05) is 43.3 Å². The molecule has 5 nitrogen and oxygen atoms in total. The number of fused-ring (bicyclic) bond motifs is 3. The minimum Gasteiger partial charge on any atom is -0.463 e. The fourth-order valence-corrected chi connectivity index (χ4v) is 4.99. The van der Waals surface area contributed by atoms with Crippen molar-refractivity contribution in [3.63, 3.8) is 0 Å². The van der Waals surface area contributed by atoms with Crippen LogP contribution in [-0.2, 0) is 19.6 Å². The van der Waals surface area contributed by atoms with Crippen LogP contribution in [0.5, 0.6) is 0 Å². The maximum Gasteiger partial charge on any atom is 0.323 e. The van der Waals surface area contributed by atoms with Gasteiger partial charge in [0.05, 0.1) is 4.90 Å². The van der Waals surface area contributed by atoms with Crippen LogP contribution in [0.4, 0.5) is 0 Å². The summed E-state index contributed by atoms with van der Waals surface area (Å²) < 4.78 is 33.0. The average molecular weight is 422 g/mol. The molecule has 1 aliphatic carbocycles. The Labute approximate surface area is 176 Å². The van der Waals surface area contributed by atoms with Crippen LogP contribution in [0.3, 0.4) is 0 Å². The second-order valence-corrected chi connectivity index (χ2v) is 9.23. The Balaban J connectivity index is 1.45. The fraction of sp³-hybridized carbons (Fsp3) is 0.208. The zero-order chi connectivity index (χ0) is 21.3. The van der Waals surface area contributed by atoms with E-state index in [1.165, 1.54) is 19.1 Å². The van der Waals surface area contributed by atoms with E-state index in [0.29, 0.717) is 0 Å². The van der Waals surface area contributed by atoms with Gasteiger partial charge >= 0.3 is 5.97 Å². The Morgan fingerprint density at radius 1 is 0.933 bits per heavy atom. The van der Waals surface area contributed by atoms with Gasteiger partial charge in [-0.3, -0.25) is 4.79 Å². The summed E-state index contributed by atoms with van der Waals surface area (Å²) in [6, 6.07) is 21.6. The molecule has 154 valence electrons. The summed E-state index contributed by atoms with van der Waals surface area (Å²) in [6.07, 6.45) is 0. The number of carbonyl (C=O) groups excluding carboxylic acids is 1. The van der Waals surface area contributed by atoms with E-state index in [4.69, 9.17) is 4.74 Å². The average Bonchev–Trinajstić information content (AvgIpc) is 3.06. The van der Waals surface area contributed by atoms with Gasteiger partial charge < -0.3 is 4.74 Å². The molecule has 0 aliphatic heterocycles. The predicted molar refractivity (Wildman–Crippen MR) is 116 cm³/mol. The Kier molecular flexibility index (Phi) is 5.45. The van der Waals surface area contributed by atoms with Gasteiger partial charge in [0.25, 0.3) is 0 Å². The third kappa shape index (κ3) is 3.88. The van der Waals surface area contributed by atoms with Crippen molar-refractivity contribution in [3.8, 4) is 11.1 Å². The topological polar surface area (TPSA) is 72.5 Å². The van der Waals surface area contributed by atoms with E-state index >= 15 is 0 Å². The Bertz CT molecular complexity index is 1140. The smallest absolute Gasteiger partial charge is 0.323 e. The number of nitrogens with one attached hydrogen (secondary N) is 1. The third-order valence-electron chi connectivity index (χ3n) is 5.37. The Morgan fingerprint density at radius 2 is 1.47 bits per heavy atom. The summed E-state index contributed by atoms with van der Waals surface area (Å²) in [5.41, 5.74) is 5.46. The van der Waals surface area contributed by atoms with Gasteiger partial charge in [0.2, 0.25) is 10.0 Å². The molecule has 0 amide bonds. The zero-order valence-electron chi connectivity index (χ0n) is 16.8. The van der Waals surface area contributed by atoms with Gasteiger partial charge in [-0.1, -0.05) is 66.2 Å². The molecule has 0 aromatic heterocycles. The molecule has 1 N–H and O–H groups in total. The molecule has 0 radical (unpaired) electrons. The lowest BCUT2D eigenvalue weighted by Gasteiger charge is -2.17. The standard InChI is InChI=1S/C24H23NO4S/c1-16-11-13-18(14-12-16)30(27,28)25-17(2)24(26)29-15-23-21-9-5-3-7-19(21)20-8-4-6-10-22(20)23/h3-14,17,23,25H,15H2,1-2H3/t17-/m1/s1. The molecular weight excluding hydrogens is 398 g/mol. The van der Waals surface area contributed by atoms with E-state index < -0.39 is 22.0 Å². The van der Waals surface area contributed by atoms with Crippen LogP contribution in [0.2, 0.25) is 0 Å². The number of carbonyl (C=O) groups is 1. The summed E-state index contributed by atoms with van der Waals surface area (Å²) in [5, 5.41) is 0. The number of ether oxygens (including phenoxy) is 1. The quantitative estimate of drug-likeness (QED) is 0.610. The molecule has 0 unspecified atom stereocenters. The SMILES string of the molecule is Cc1ccc(S(=O)(=O)N[C@H](C)C(=O)OCC2c3ccccc3-c3ccccc32)cc1. The van der Waals surface area contributed by atoms with Crippen LogP contribution >= 0.6 is 0 Å². The van der Waals surface area contributed by atoms with Crippen molar-refractivity contribution in [1.82, 2.24) is 4.72 Å². The van der Waals surface area contributed by atoms with Crippen LogP contribution < -0.4 is 4.72 Å². The summed E-state index contributed by atoms with van der Waals surface area (Å²) in [4.78, 5) is 12.7. The van der Waals surface area contributed by atoms with Gasteiger partial charge in [-0.25, -0.2) is 8.42 Å². The van der Waals surface area contributed by atoms with Gasteiger partial charge in [0, 0.05) is 5.92 Å². The van der Waals surface area contributed by atoms with E-state index in [0.717, 1.165) is 27.8 Å². The van der Waals surface area contributed by atoms with Crippen molar-refractivity contribution in [3.05, 3.63) is 89.5 Å². The number of aryl methyl sites for hydroxylation is 1. The Hall–Kier alpha value is -2.96. The maximum atomic E-state index is 12.5. The molecule has 3 aromatic rings. The molecule has 1 atom stereocenters. The maximum absolute atomic E-state index is 12.5. The van der Waals surface area contributed by atoms with Crippen molar-refractivity contribution in [1.29, 1.82) is 0 Å².